The maximum atomic E-state index is 12.7. The third kappa shape index (κ3) is 2.57. The zero-order valence-electron chi connectivity index (χ0n) is 11.4. The summed E-state index contributed by atoms with van der Waals surface area (Å²) in [6, 6.07) is 7.41. The number of hydrogen-bond acceptors (Lipinski definition) is 3. The third-order valence-electron chi connectivity index (χ3n) is 3.58. The van der Waals surface area contributed by atoms with Crippen LogP contribution in [0.5, 0.6) is 0 Å². The lowest BCUT2D eigenvalue weighted by Gasteiger charge is -2.23. The number of carbonyl (C=O) groups is 2. The average Bonchev–Trinajstić information content (AvgIpc) is 2.74. The number of ether oxygens (including phenoxy) is 1. The van der Waals surface area contributed by atoms with Crippen molar-refractivity contribution in [2.24, 2.45) is 5.41 Å². The van der Waals surface area contributed by atoms with Crippen LogP contribution in [0.25, 0.3) is 0 Å². The Morgan fingerprint density at radius 1 is 1.40 bits per heavy atom. The molecular formula is C16H17BrO3. The van der Waals surface area contributed by atoms with Crippen LogP contribution < -0.4 is 0 Å². The minimum Gasteiger partial charge on any atom is -0.465 e. The number of Topliss-reactive ketones (excluding diaryl/α,β-unsaturated/α-hetero) is 1. The van der Waals surface area contributed by atoms with Crippen LogP contribution in [0.4, 0.5) is 0 Å². The monoisotopic (exact) mass is 336 g/mol. The number of halogens is 1. The van der Waals surface area contributed by atoms with Crippen LogP contribution in [0.2, 0.25) is 0 Å². The summed E-state index contributed by atoms with van der Waals surface area (Å²) in [5.41, 5.74) is 0.490. The highest BCUT2D eigenvalue weighted by atomic mass is 79.9. The number of ketones is 1. The molecule has 0 bridgehead atoms. The normalized spacial score (nSPS) is 21.2. The fraction of sp³-hybridized carbons (Fsp3) is 0.375. The number of rotatable bonds is 5. The van der Waals surface area contributed by atoms with Gasteiger partial charge in [0.15, 0.2) is 5.78 Å². The lowest BCUT2D eigenvalue weighted by Crippen LogP contribution is -2.38. The van der Waals surface area contributed by atoms with Gasteiger partial charge in [0.2, 0.25) is 0 Å². The van der Waals surface area contributed by atoms with Crippen molar-refractivity contribution < 1.29 is 14.3 Å². The number of alkyl halides is 1. The Morgan fingerprint density at radius 3 is 2.80 bits per heavy atom. The number of hydrogen-bond donors (Lipinski definition) is 0. The Hall–Kier alpha value is -1.42. The van der Waals surface area contributed by atoms with Gasteiger partial charge >= 0.3 is 5.97 Å². The second-order valence-corrected chi connectivity index (χ2v) is 5.44. The SMILES string of the molecule is CCOC(=O)C1(C/C=C/CBr)Cc2ccccc2C1=O. The van der Waals surface area contributed by atoms with E-state index in [4.69, 9.17) is 4.74 Å². The molecule has 106 valence electrons. The highest BCUT2D eigenvalue weighted by Gasteiger charge is 2.51. The zero-order valence-corrected chi connectivity index (χ0v) is 13.0. The Balaban J connectivity index is 2.37. The Bertz CT molecular complexity index is 550. The first-order chi connectivity index (χ1) is 9.65. The molecule has 1 aliphatic rings. The molecule has 1 unspecified atom stereocenters. The summed E-state index contributed by atoms with van der Waals surface area (Å²) >= 11 is 3.30. The topological polar surface area (TPSA) is 43.4 Å². The van der Waals surface area contributed by atoms with Crippen molar-refractivity contribution in [1.82, 2.24) is 0 Å². The fourth-order valence-electron chi connectivity index (χ4n) is 2.59. The lowest BCUT2D eigenvalue weighted by molar-refractivity contribution is -0.151. The Kier molecular flexibility index (Phi) is 4.76. The largest absolute Gasteiger partial charge is 0.465 e. The first-order valence-corrected chi connectivity index (χ1v) is 7.78. The molecule has 4 heteroatoms. The van der Waals surface area contributed by atoms with Gasteiger partial charge in [0, 0.05) is 10.9 Å². The van der Waals surface area contributed by atoms with Crippen LogP contribution in [0, 0.1) is 5.41 Å². The van der Waals surface area contributed by atoms with Gasteiger partial charge in [0.1, 0.15) is 5.41 Å². The van der Waals surface area contributed by atoms with Crippen molar-refractivity contribution in [3.05, 3.63) is 47.5 Å². The second-order valence-electron chi connectivity index (χ2n) is 4.80. The number of fused-ring (bicyclic) bond motifs is 1. The van der Waals surface area contributed by atoms with Gasteiger partial charge in [-0.25, -0.2) is 0 Å². The van der Waals surface area contributed by atoms with Gasteiger partial charge in [-0.1, -0.05) is 52.3 Å². The van der Waals surface area contributed by atoms with Gasteiger partial charge in [0.25, 0.3) is 0 Å². The smallest absolute Gasteiger partial charge is 0.320 e. The molecule has 0 aliphatic heterocycles. The highest BCUT2D eigenvalue weighted by Crippen LogP contribution is 2.41. The lowest BCUT2D eigenvalue weighted by atomic mass is 9.80. The van der Waals surface area contributed by atoms with Gasteiger partial charge < -0.3 is 4.74 Å². The van der Waals surface area contributed by atoms with Crippen LogP contribution in [-0.2, 0) is 16.0 Å². The molecule has 0 heterocycles. The predicted molar refractivity (Wildman–Crippen MR) is 81.1 cm³/mol. The van der Waals surface area contributed by atoms with Crippen LogP contribution in [0.15, 0.2) is 36.4 Å². The van der Waals surface area contributed by atoms with Crippen molar-refractivity contribution in [2.45, 2.75) is 19.8 Å². The predicted octanol–water partition coefficient (Wildman–Crippen LogP) is 3.32. The van der Waals surface area contributed by atoms with Gasteiger partial charge in [-0.3, -0.25) is 9.59 Å². The van der Waals surface area contributed by atoms with Crippen molar-refractivity contribution in [3.63, 3.8) is 0 Å². The Morgan fingerprint density at radius 2 is 2.15 bits per heavy atom. The summed E-state index contributed by atoms with van der Waals surface area (Å²) in [7, 11) is 0. The molecule has 1 aliphatic carbocycles. The summed E-state index contributed by atoms with van der Waals surface area (Å²) < 4.78 is 5.16. The molecule has 0 saturated heterocycles. The van der Waals surface area contributed by atoms with Crippen molar-refractivity contribution >= 4 is 27.7 Å². The second kappa shape index (κ2) is 6.35. The first-order valence-electron chi connectivity index (χ1n) is 6.66. The molecule has 2 rings (SSSR count). The zero-order chi connectivity index (χ0) is 14.6. The first kappa shape index (κ1) is 15.0. The minimum absolute atomic E-state index is 0.120. The molecule has 0 N–H and O–H groups in total. The van der Waals surface area contributed by atoms with E-state index in [-0.39, 0.29) is 12.4 Å². The average molecular weight is 337 g/mol. The van der Waals surface area contributed by atoms with Crippen molar-refractivity contribution in [2.75, 3.05) is 11.9 Å². The molecule has 20 heavy (non-hydrogen) atoms. The molecule has 1 atom stereocenters. The molecule has 0 saturated carbocycles. The van der Waals surface area contributed by atoms with E-state index in [2.05, 4.69) is 15.9 Å². The van der Waals surface area contributed by atoms with E-state index >= 15 is 0 Å². The van der Waals surface area contributed by atoms with E-state index in [1.165, 1.54) is 0 Å². The van der Waals surface area contributed by atoms with Gasteiger partial charge in [0.05, 0.1) is 6.61 Å². The Labute approximate surface area is 127 Å². The summed E-state index contributed by atoms with van der Waals surface area (Å²) in [5.74, 6) is -0.536. The molecule has 0 aromatic heterocycles. The number of carbonyl (C=O) groups excluding carboxylic acids is 2. The number of esters is 1. The van der Waals surface area contributed by atoms with Crippen LogP contribution in [0.3, 0.4) is 0 Å². The summed E-state index contributed by atoms with van der Waals surface area (Å²) in [6.07, 6.45) is 4.57. The maximum absolute atomic E-state index is 12.7. The summed E-state index contributed by atoms with van der Waals surface area (Å²) in [6.45, 7) is 2.04. The molecule has 3 nitrogen and oxygen atoms in total. The van der Waals surface area contributed by atoms with Crippen molar-refractivity contribution in [1.29, 1.82) is 0 Å². The van der Waals surface area contributed by atoms with Gasteiger partial charge in [-0.05, 0) is 25.3 Å². The summed E-state index contributed by atoms with van der Waals surface area (Å²) in [5, 5.41) is 0.701. The van der Waals surface area contributed by atoms with E-state index in [1.807, 2.05) is 30.4 Å². The maximum Gasteiger partial charge on any atom is 0.320 e. The minimum atomic E-state index is -1.08. The van der Waals surface area contributed by atoms with Crippen molar-refractivity contribution in [3.8, 4) is 0 Å². The van der Waals surface area contributed by atoms with E-state index in [9.17, 15) is 9.59 Å². The quantitative estimate of drug-likeness (QED) is 0.358. The molecular weight excluding hydrogens is 320 g/mol. The molecule has 0 amide bonds. The standard InChI is InChI=1S/C16H17BrO3/c1-2-20-15(19)16(9-5-6-10-17)11-12-7-3-4-8-13(12)14(16)18/h3-8H,2,9-11H2,1H3/b6-5+. The molecule has 0 fully saturated rings. The number of allylic oxidation sites excluding steroid dienone is 2. The van der Waals surface area contributed by atoms with E-state index < -0.39 is 11.4 Å². The molecule has 0 spiro atoms. The van der Waals surface area contributed by atoms with E-state index in [0.29, 0.717) is 23.7 Å². The fourth-order valence-corrected chi connectivity index (χ4v) is 2.85. The van der Waals surface area contributed by atoms with E-state index in [1.54, 1.807) is 13.0 Å². The molecule has 1 aromatic rings. The van der Waals surface area contributed by atoms with E-state index in [0.717, 1.165) is 5.56 Å². The number of benzene rings is 1. The third-order valence-corrected chi connectivity index (χ3v) is 3.95. The van der Waals surface area contributed by atoms with Gasteiger partial charge in [-0.2, -0.15) is 0 Å². The molecule has 1 aromatic carbocycles. The highest BCUT2D eigenvalue weighted by molar-refractivity contribution is 9.09. The van der Waals surface area contributed by atoms with Crippen LogP contribution in [-0.4, -0.2) is 23.7 Å². The summed E-state index contributed by atoms with van der Waals surface area (Å²) in [4.78, 5) is 25.0. The molecule has 0 radical (unpaired) electrons. The van der Waals surface area contributed by atoms with Gasteiger partial charge in [-0.15, -0.1) is 0 Å². The van der Waals surface area contributed by atoms with Crippen LogP contribution in [0.1, 0.15) is 29.3 Å². The van der Waals surface area contributed by atoms with Crippen LogP contribution >= 0.6 is 15.9 Å².